The van der Waals surface area contributed by atoms with E-state index in [9.17, 15) is 13.6 Å². The summed E-state index contributed by atoms with van der Waals surface area (Å²) in [6, 6.07) is 0.272. The second kappa shape index (κ2) is 6.79. The van der Waals surface area contributed by atoms with Gasteiger partial charge in [0.05, 0.1) is 0 Å². The van der Waals surface area contributed by atoms with E-state index in [0.29, 0.717) is 5.91 Å². The molecule has 3 aliphatic carbocycles. The summed E-state index contributed by atoms with van der Waals surface area (Å²) in [5.41, 5.74) is 0. The predicted octanol–water partition coefficient (Wildman–Crippen LogP) is 3.78. The van der Waals surface area contributed by atoms with Crippen LogP contribution in [0.5, 0.6) is 0 Å². The first kappa shape index (κ1) is 17.7. The van der Waals surface area contributed by atoms with Gasteiger partial charge in [-0.2, -0.15) is 0 Å². The van der Waals surface area contributed by atoms with Crippen molar-refractivity contribution in [2.45, 2.75) is 69.8 Å². The van der Waals surface area contributed by atoms with Crippen molar-refractivity contribution in [1.82, 2.24) is 9.80 Å². The van der Waals surface area contributed by atoms with Crippen LogP contribution in [-0.4, -0.2) is 54.4 Å². The Balaban J connectivity index is 1.21. The highest BCUT2D eigenvalue weighted by molar-refractivity contribution is 5.79. The number of likely N-dealkylation sites (tertiary alicyclic amines) is 1. The second-order valence-electron chi connectivity index (χ2n) is 9.23. The van der Waals surface area contributed by atoms with Crippen LogP contribution in [0, 0.1) is 23.7 Å². The molecule has 0 aromatic carbocycles. The molecule has 0 aromatic rings. The summed E-state index contributed by atoms with van der Waals surface area (Å²) in [4.78, 5) is 17.1. The third kappa shape index (κ3) is 4.01. The Kier molecular flexibility index (Phi) is 4.80. The zero-order chi connectivity index (χ0) is 17.6. The highest BCUT2D eigenvalue weighted by Gasteiger charge is 2.46. The van der Waals surface area contributed by atoms with Crippen LogP contribution < -0.4 is 0 Å². The monoisotopic (exact) mass is 354 g/mol. The fraction of sp³-hybridized carbons (Fsp3) is 0.950. The molecular weight excluding hydrogens is 322 g/mol. The van der Waals surface area contributed by atoms with Crippen LogP contribution in [0.2, 0.25) is 0 Å². The van der Waals surface area contributed by atoms with Gasteiger partial charge in [-0.3, -0.25) is 4.79 Å². The van der Waals surface area contributed by atoms with E-state index in [-0.39, 0.29) is 30.7 Å². The van der Waals surface area contributed by atoms with E-state index in [4.69, 9.17) is 0 Å². The van der Waals surface area contributed by atoms with Crippen LogP contribution in [0.3, 0.4) is 0 Å². The smallest absolute Gasteiger partial charge is 0.248 e. The number of likely N-dealkylation sites (N-methyl/N-ethyl adjacent to an activating group) is 1. The Morgan fingerprint density at radius 1 is 1.04 bits per heavy atom. The summed E-state index contributed by atoms with van der Waals surface area (Å²) in [5, 5.41) is 0. The lowest BCUT2D eigenvalue weighted by molar-refractivity contribution is -0.137. The molecule has 4 fully saturated rings. The van der Waals surface area contributed by atoms with E-state index in [0.717, 1.165) is 50.7 Å². The van der Waals surface area contributed by atoms with Crippen molar-refractivity contribution in [2.24, 2.45) is 23.7 Å². The minimum atomic E-state index is -2.42. The minimum Gasteiger partial charge on any atom is -0.341 e. The van der Waals surface area contributed by atoms with Crippen LogP contribution in [0.15, 0.2) is 0 Å². The van der Waals surface area contributed by atoms with Crippen LogP contribution in [-0.2, 0) is 4.79 Å². The lowest BCUT2D eigenvalue weighted by Crippen LogP contribution is -2.45. The average molecular weight is 354 g/mol. The lowest BCUT2D eigenvalue weighted by atomic mass is 9.79. The molecule has 1 saturated heterocycles. The van der Waals surface area contributed by atoms with E-state index >= 15 is 0 Å². The molecule has 1 aliphatic heterocycles. The molecule has 3 saturated carbocycles. The first-order valence-electron chi connectivity index (χ1n) is 10.3. The summed E-state index contributed by atoms with van der Waals surface area (Å²) in [5.74, 6) is 0.131. The molecule has 0 aromatic heterocycles. The first-order chi connectivity index (χ1) is 11.9. The Hall–Kier alpha value is -0.710. The number of hydrogen-bond donors (Lipinski definition) is 0. The molecule has 0 bridgehead atoms. The largest absolute Gasteiger partial charge is 0.341 e. The van der Waals surface area contributed by atoms with Gasteiger partial charge in [0.15, 0.2) is 0 Å². The number of carbonyl (C=O) groups excluding carboxylic acids is 1. The summed E-state index contributed by atoms with van der Waals surface area (Å²) in [6.07, 6.45) is 8.52. The van der Waals surface area contributed by atoms with Gasteiger partial charge in [-0.05, 0) is 62.7 Å². The SMILES string of the molecule is CN(C(=O)C1CCC(C2CC2)CC1)C1CCN(CC2CC(F)(F)C2)C1. The van der Waals surface area contributed by atoms with Crippen LogP contribution in [0.4, 0.5) is 8.78 Å². The van der Waals surface area contributed by atoms with Crippen molar-refractivity contribution in [1.29, 1.82) is 0 Å². The third-order valence-corrected chi connectivity index (χ3v) is 7.24. The fourth-order valence-electron chi connectivity index (χ4n) is 5.45. The maximum absolute atomic E-state index is 13.0. The zero-order valence-corrected chi connectivity index (χ0v) is 15.4. The van der Waals surface area contributed by atoms with Gasteiger partial charge < -0.3 is 9.80 Å². The number of alkyl halides is 2. The van der Waals surface area contributed by atoms with Gasteiger partial charge in [-0.15, -0.1) is 0 Å². The zero-order valence-electron chi connectivity index (χ0n) is 15.4. The van der Waals surface area contributed by atoms with Gasteiger partial charge in [0.1, 0.15) is 0 Å². The summed E-state index contributed by atoms with van der Waals surface area (Å²) >= 11 is 0. The number of carbonyl (C=O) groups is 1. The van der Waals surface area contributed by atoms with Crippen molar-refractivity contribution in [3.05, 3.63) is 0 Å². The molecule has 5 heteroatoms. The summed E-state index contributed by atoms with van der Waals surface area (Å²) in [7, 11) is 1.96. The molecule has 142 valence electrons. The van der Waals surface area contributed by atoms with Gasteiger partial charge in [0, 0.05) is 51.5 Å². The lowest BCUT2D eigenvalue weighted by Gasteiger charge is -2.37. The predicted molar refractivity (Wildman–Crippen MR) is 93.5 cm³/mol. The number of rotatable bonds is 5. The quantitative estimate of drug-likeness (QED) is 0.750. The molecule has 1 atom stereocenters. The fourth-order valence-corrected chi connectivity index (χ4v) is 5.45. The number of hydrogen-bond acceptors (Lipinski definition) is 2. The Bertz CT molecular complexity index is 492. The van der Waals surface area contributed by atoms with Gasteiger partial charge in [0.25, 0.3) is 0 Å². The Labute approximate surface area is 150 Å². The Morgan fingerprint density at radius 3 is 2.20 bits per heavy atom. The number of nitrogens with zero attached hydrogens (tertiary/aromatic N) is 2. The minimum absolute atomic E-state index is 0.0488. The first-order valence-corrected chi connectivity index (χ1v) is 10.3. The topological polar surface area (TPSA) is 23.6 Å². The number of halogens is 2. The molecule has 1 heterocycles. The van der Waals surface area contributed by atoms with Crippen LogP contribution in [0.1, 0.15) is 57.8 Å². The van der Waals surface area contributed by atoms with Gasteiger partial charge in [-0.1, -0.05) is 0 Å². The van der Waals surface area contributed by atoms with Crippen molar-refractivity contribution < 1.29 is 13.6 Å². The van der Waals surface area contributed by atoms with Gasteiger partial charge in [-0.25, -0.2) is 8.78 Å². The van der Waals surface area contributed by atoms with Crippen molar-refractivity contribution >= 4 is 5.91 Å². The highest BCUT2D eigenvalue weighted by Crippen LogP contribution is 2.45. The van der Waals surface area contributed by atoms with Gasteiger partial charge >= 0.3 is 0 Å². The second-order valence-corrected chi connectivity index (χ2v) is 9.23. The summed E-state index contributed by atoms with van der Waals surface area (Å²) in [6.45, 7) is 2.58. The van der Waals surface area contributed by atoms with E-state index in [1.807, 2.05) is 11.9 Å². The van der Waals surface area contributed by atoms with E-state index < -0.39 is 5.92 Å². The molecule has 1 unspecified atom stereocenters. The van der Waals surface area contributed by atoms with E-state index in [1.165, 1.54) is 25.7 Å². The standard InChI is InChI=1S/C20H32F2N2O/c1-23(19(25)17-6-4-16(5-7-17)15-2-3-15)18-8-9-24(13-18)12-14-10-20(21,22)11-14/h14-18H,2-13H2,1H3. The summed E-state index contributed by atoms with van der Waals surface area (Å²) < 4.78 is 26.0. The molecule has 4 rings (SSSR count). The molecule has 0 radical (unpaired) electrons. The van der Waals surface area contributed by atoms with Crippen molar-refractivity contribution in [3.63, 3.8) is 0 Å². The third-order valence-electron chi connectivity index (χ3n) is 7.24. The number of amides is 1. The van der Waals surface area contributed by atoms with E-state index in [1.54, 1.807) is 0 Å². The average Bonchev–Trinajstić information content (AvgIpc) is 3.31. The normalized spacial score (nSPS) is 36.2. The van der Waals surface area contributed by atoms with E-state index in [2.05, 4.69) is 4.90 Å². The van der Waals surface area contributed by atoms with Crippen molar-refractivity contribution in [2.75, 3.05) is 26.7 Å². The van der Waals surface area contributed by atoms with Crippen molar-refractivity contribution in [3.8, 4) is 0 Å². The molecule has 25 heavy (non-hydrogen) atoms. The molecule has 1 amide bonds. The molecule has 0 N–H and O–H groups in total. The van der Waals surface area contributed by atoms with Crippen LogP contribution in [0.25, 0.3) is 0 Å². The maximum Gasteiger partial charge on any atom is 0.248 e. The molecular formula is C20H32F2N2O. The Morgan fingerprint density at radius 2 is 1.64 bits per heavy atom. The molecule has 4 aliphatic rings. The van der Waals surface area contributed by atoms with Crippen LogP contribution >= 0.6 is 0 Å². The highest BCUT2D eigenvalue weighted by atomic mass is 19.3. The van der Waals surface area contributed by atoms with Gasteiger partial charge in [0.2, 0.25) is 11.8 Å². The molecule has 0 spiro atoms. The molecule has 3 nitrogen and oxygen atoms in total. The maximum atomic E-state index is 13.0.